The first kappa shape index (κ1) is 13.3. The minimum atomic E-state index is 0.864. The van der Waals surface area contributed by atoms with E-state index < -0.39 is 0 Å². The standard InChI is InChI=1S/C18H21NO/c1-15(8-9-19-10-12-20-13-11-19)17-7-6-16-4-2-3-5-18(16)14-17/h2-8,14H,9-13H2,1H3/b15-8+. The lowest BCUT2D eigenvalue weighted by Gasteiger charge is -2.25. The van der Waals surface area contributed by atoms with Crippen LogP contribution in [0.3, 0.4) is 0 Å². The molecule has 0 saturated carbocycles. The lowest BCUT2D eigenvalue weighted by Crippen LogP contribution is -2.36. The van der Waals surface area contributed by atoms with Crippen molar-refractivity contribution in [1.29, 1.82) is 0 Å². The molecule has 2 aromatic rings. The Labute approximate surface area is 120 Å². The molecule has 0 aromatic heterocycles. The van der Waals surface area contributed by atoms with Crippen LogP contribution in [-0.4, -0.2) is 37.7 Å². The Morgan fingerprint density at radius 3 is 2.65 bits per heavy atom. The van der Waals surface area contributed by atoms with Gasteiger partial charge in [0.25, 0.3) is 0 Å². The average Bonchev–Trinajstić information content (AvgIpc) is 2.53. The van der Waals surface area contributed by atoms with Crippen molar-refractivity contribution in [3.63, 3.8) is 0 Å². The van der Waals surface area contributed by atoms with Gasteiger partial charge in [-0.05, 0) is 34.9 Å². The largest absolute Gasteiger partial charge is 0.379 e. The molecule has 0 spiro atoms. The number of allylic oxidation sites excluding steroid dienone is 1. The molecule has 1 fully saturated rings. The Kier molecular flexibility index (Phi) is 4.14. The van der Waals surface area contributed by atoms with Crippen LogP contribution >= 0.6 is 0 Å². The summed E-state index contributed by atoms with van der Waals surface area (Å²) in [5, 5.41) is 2.61. The summed E-state index contributed by atoms with van der Waals surface area (Å²) in [6, 6.07) is 15.2. The van der Waals surface area contributed by atoms with Crippen LogP contribution in [-0.2, 0) is 4.74 Å². The second-order valence-electron chi connectivity index (χ2n) is 5.36. The molecule has 0 atom stereocenters. The minimum Gasteiger partial charge on any atom is -0.379 e. The molecule has 0 unspecified atom stereocenters. The highest BCUT2D eigenvalue weighted by Crippen LogP contribution is 2.21. The molecule has 0 aliphatic carbocycles. The van der Waals surface area contributed by atoms with Crippen LogP contribution in [0.2, 0.25) is 0 Å². The van der Waals surface area contributed by atoms with Crippen molar-refractivity contribution in [3.05, 3.63) is 54.1 Å². The van der Waals surface area contributed by atoms with Crippen LogP contribution in [0.5, 0.6) is 0 Å². The van der Waals surface area contributed by atoms with Gasteiger partial charge in [-0.3, -0.25) is 4.90 Å². The van der Waals surface area contributed by atoms with Gasteiger partial charge < -0.3 is 4.74 Å². The number of benzene rings is 2. The minimum absolute atomic E-state index is 0.864. The molecular formula is C18H21NO. The van der Waals surface area contributed by atoms with Crippen LogP contribution in [0.15, 0.2) is 48.5 Å². The zero-order valence-corrected chi connectivity index (χ0v) is 12.0. The van der Waals surface area contributed by atoms with E-state index in [1.165, 1.54) is 21.9 Å². The third-order valence-electron chi connectivity index (χ3n) is 3.96. The van der Waals surface area contributed by atoms with Crippen LogP contribution in [0.1, 0.15) is 12.5 Å². The highest BCUT2D eigenvalue weighted by atomic mass is 16.5. The Balaban J connectivity index is 1.75. The first-order chi connectivity index (χ1) is 9.83. The average molecular weight is 267 g/mol. The van der Waals surface area contributed by atoms with E-state index in [4.69, 9.17) is 4.74 Å². The number of ether oxygens (including phenoxy) is 1. The van der Waals surface area contributed by atoms with Gasteiger partial charge in [0, 0.05) is 19.6 Å². The summed E-state index contributed by atoms with van der Waals surface area (Å²) in [5.74, 6) is 0. The van der Waals surface area contributed by atoms with E-state index in [0.29, 0.717) is 0 Å². The van der Waals surface area contributed by atoms with Crippen molar-refractivity contribution in [1.82, 2.24) is 4.90 Å². The van der Waals surface area contributed by atoms with Crippen LogP contribution in [0.4, 0.5) is 0 Å². The lowest BCUT2D eigenvalue weighted by atomic mass is 10.0. The summed E-state index contributed by atoms with van der Waals surface area (Å²) in [6.45, 7) is 7.03. The molecule has 20 heavy (non-hydrogen) atoms. The molecule has 3 rings (SSSR count). The van der Waals surface area contributed by atoms with Gasteiger partial charge in [-0.1, -0.05) is 42.5 Å². The van der Waals surface area contributed by atoms with E-state index in [2.05, 4.69) is 60.4 Å². The number of nitrogens with zero attached hydrogens (tertiary/aromatic N) is 1. The predicted octanol–water partition coefficient (Wildman–Crippen LogP) is 3.58. The molecule has 0 amide bonds. The van der Waals surface area contributed by atoms with Gasteiger partial charge in [-0.15, -0.1) is 0 Å². The third-order valence-corrected chi connectivity index (χ3v) is 3.96. The number of hydrogen-bond acceptors (Lipinski definition) is 2. The molecule has 1 aliphatic heterocycles. The normalized spacial score (nSPS) is 17.6. The van der Waals surface area contributed by atoms with Crippen molar-refractivity contribution in [2.45, 2.75) is 6.92 Å². The van der Waals surface area contributed by atoms with Gasteiger partial charge in [0.05, 0.1) is 13.2 Å². The van der Waals surface area contributed by atoms with Gasteiger partial charge in [0.1, 0.15) is 0 Å². The van der Waals surface area contributed by atoms with E-state index in [9.17, 15) is 0 Å². The van der Waals surface area contributed by atoms with E-state index >= 15 is 0 Å². The van der Waals surface area contributed by atoms with Crippen molar-refractivity contribution in [3.8, 4) is 0 Å². The van der Waals surface area contributed by atoms with E-state index in [1.54, 1.807) is 0 Å². The maximum Gasteiger partial charge on any atom is 0.0594 e. The molecule has 104 valence electrons. The van der Waals surface area contributed by atoms with Gasteiger partial charge >= 0.3 is 0 Å². The van der Waals surface area contributed by atoms with Gasteiger partial charge in [-0.25, -0.2) is 0 Å². The number of fused-ring (bicyclic) bond motifs is 1. The van der Waals surface area contributed by atoms with Crippen molar-refractivity contribution < 1.29 is 4.74 Å². The highest BCUT2D eigenvalue weighted by molar-refractivity contribution is 5.86. The van der Waals surface area contributed by atoms with Gasteiger partial charge in [-0.2, -0.15) is 0 Å². The fraction of sp³-hybridized carbons (Fsp3) is 0.333. The van der Waals surface area contributed by atoms with Crippen LogP contribution in [0, 0.1) is 0 Å². The zero-order chi connectivity index (χ0) is 13.8. The predicted molar refractivity (Wildman–Crippen MR) is 84.9 cm³/mol. The zero-order valence-electron chi connectivity index (χ0n) is 12.0. The Morgan fingerprint density at radius 1 is 1.10 bits per heavy atom. The smallest absolute Gasteiger partial charge is 0.0594 e. The summed E-state index contributed by atoms with van der Waals surface area (Å²) in [6.07, 6.45) is 2.33. The number of morpholine rings is 1. The van der Waals surface area contributed by atoms with E-state index in [1.807, 2.05) is 0 Å². The Hall–Kier alpha value is -1.64. The molecular weight excluding hydrogens is 246 g/mol. The maximum atomic E-state index is 5.38. The van der Waals surface area contributed by atoms with Gasteiger partial charge in [0.15, 0.2) is 0 Å². The quantitative estimate of drug-likeness (QED) is 0.843. The Morgan fingerprint density at radius 2 is 1.85 bits per heavy atom. The van der Waals surface area contributed by atoms with Crippen molar-refractivity contribution in [2.24, 2.45) is 0 Å². The molecule has 2 aromatic carbocycles. The van der Waals surface area contributed by atoms with E-state index in [0.717, 1.165) is 32.8 Å². The molecule has 2 heteroatoms. The summed E-state index contributed by atoms with van der Waals surface area (Å²) in [4.78, 5) is 2.44. The lowest BCUT2D eigenvalue weighted by molar-refractivity contribution is 0.0435. The summed E-state index contributed by atoms with van der Waals surface area (Å²) >= 11 is 0. The fourth-order valence-corrected chi connectivity index (χ4v) is 2.60. The molecule has 1 aliphatic rings. The molecule has 0 bridgehead atoms. The summed E-state index contributed by atoms with van der Waals surface area (Å²) in [7, 11) is 0. The summed E-state index contributed by atoms with van der Waals surface area (Å²) in [5.41, 5.74) is 2.67. The molecule has 0 N–H and O–H groups in total. The topological polar surface area (TPSA) is 12.5 Å². The highest BCUT2D eigenvalue weighted by Gasteiger charge is 2.08. The number of hydrogen-bond donors (Lipinski definition) is 0. The molecule has 1 heterocycles. The second kappa shape index (κ2) is 6.21. The molecule has 0 radical (unpaired) electrons. The summed E-state index contributed by atoms with van der Waals surface area (Å²) < 4.78 is 5.38. The fourth-order valence-electron chi connectivity index (χ4n) is 2.60. The Bertz CT molecular complexity index is 612. The third kappa shape index (κ3) is 3.09. The number of rotatable bonds is 3. The molecule has 1 saturated heterocycles. The van der Waals surface area contributed by atoms with Crippen molar-refractivity contribution >= 4 is 16.3 Å². The maximum absolute atomic E-state index is 5.38. The second-order valence-corrected chi connectivity index (χ2v) is 5.36. The SMILES string of the molecule is C/C(=C\CN1CCOCC1)c1ccc2ccccc2c1. The monoisotopic (exact) mass is 267 g/mol. The first-order valence-electron chi connectivity index (χ1n) is 7.29. The van der Waals surface area contributed by atoms with Crippen LogP contribution in [0.25, 0.3) is 16.3 Å². The van der Waals surface area contributed by atoms with Crippen LogP contribution < -0.4 is 0 Å². The molecule has 2 nitrogen and oxygen atoms in total. The van der Waals surface area contributed by atoms with Gasteiger partial charge in [0.2, 0.25) is 0 Å². The van der Waals surface area contributed by atoms with E-state index in [-0.39, 0.29) is 0 Å². The van der Waals surface area contributed by atoms with Crippen molar-refractivity contribution in [2.75, 3.05) is 32.8 Å². The first-order valence-corrected chi connectivity index (χ1v) is 7.29.